The molecule has 0 amide bonds. The Morgan fingerprint density at radius 1 is 0.526 bits per heavy atom. The third kappa shape index (κ3) is 4.75. The number of hydrogen-bond acceptors (Lipinski definition) is 1. The molecule has 2 aliphatic rings. The third-order valence-corrected chi connectivity index (χ3v) is 8.67. The quantitative estimate of drug-likeness (QED) is 0.151. The van der Waals surface area contributed by atoms with Crippen molar-refractivity contribution in [2.75, 3.05) is 0 Å². The summed E-state index contributed by atoms with van der Waals surface area (Å²) in [5.74, 6) is -5.75. The van der Waals surface area contributed by atoms with Gasteiger partial charge >= 0.3 is 0 Å². The van der Waals surface area contributed by atoms with Crippen LogP contribution in [0.15, 0.2) is 81.7 Å². The highest BCUT2D eigenvalue weighted by Gasteiger charge is 2.42. The molecule has 192 valence electrons. The van der Waals surface area contributed by atoms with Crippen LogP contribution in [0.25, 0.3) is 0 Å². The molecule has 1 nitrogen and oxygen atoms in total. The lowest BCUT2D eigenvalue weighted by Gasteiger charge is -2.11. The van der Waals surface area contributed by atoms with Gasteiger partial charge in [0.15, 0.2) is 0 Å². The van der Waals surface area contributed by atoms with E-state index in [2.05, 4.69) is 31.9 Å². The van der Waals surface area contributed by atoms with E-state index in [0.717, 1.165) is 57.2 Å². The van der Waals surface area contributed by atoms with E-state index in [0.29, 0.717) is 11.1 Å². The van der Waals surface area contributed by atoms with E-state index in [-0.39, 0.29) is 23.7 Å². The fraction of sp³-hybridized carbons (Fsp3) is 0.194. The molecule has 0 heterocycles. The Bertz CT molecular complexity index is 1400. The van der Waals surface area contributed by atoms with Crippen LogP contribution in [-0.4, -0.2) is 5.78 Å². The number of ketones is 1. The predicted molar refractivity (Wildman–Crippen MR) is 145 cm³/mol. The topological polar surface area (TPSA) is 17.1 Å². The Balaban J connectivity index is 1.23. The molecule has 4 aromatic carbocycles. The van der Waals surface area contributed by atoms with Crippen molar-refractivity contribution in [3.63, 3.8) is 0 Å². The van der Waals surface area contributed by atoms with Crippen LogP contribution in [-0.2, 0) is 0 Å². The van der Waals surface area contributed by atoms with Gasteiger partial charge in [0.2, 0.25) is 5.78 Å². The zero-order valence-electron chi connectivity index (χ0n) is 19.8. The molecule has 0 spiro atoms. The van der Waals surface area contributed by atoms with Gasteiger partial charge in [-0.25, -0.2) is 17.6 Å². The second-order valence-corrected chi connectivity index (χ2v) is 11.9. The second kappa shape index (κ2) is 9.76. The molecule has 2 fully saturated rings. The summed E-state index contributed by atoms with van der Waals surface area (Å²) >= 11 is 6.77. The average molecular weight is 644 g/mol. The number of carbonyl (C=O) groups excluding carboxylic acids is 1. The van der Waals surface area contributed by atoms with E-state index in [1.165, 1.54) is 0 Å². The second-order valence-electron chi connectivity index (χ2n) is 10.0. The zero-order valence-corrected chi connectivity index (χ0v) is 23.0. The van der Waals surface area contributed by atoms with E-state index in [1.54, 1.807) is 0 Å². The maximum Gasteiger partial charge on any atom is 0.204 e. The van der Waals surface area contributed by atoms with E-state index in [9.17, 15) is 4.79 Å². The van der Waals surface area contributed by atoms with Gasteiger partial charge in [-0.2, -0.15) is 0 Å². The Morgan fingerprint density at radius 3 is 1.13 bits per heavy atom. The standard InChI is InChI=1S/C31H20Br2F4O/c32-19-5-1-15(2-6-19)21-13-23(21)17-9-25(34)29(26(35)10-17)31(38)30-27(36)11-18(12-28(30)37)24-14-22(24)16-3-7-20(33)8-4-16/h1-12,21-24H,13-14H2. The lowest BCUT2D eigenvalue weighted by molar-refractivity contribution is 0.102. The minimum atomic E-state index is -1.34. The van der Waals surface area contributed by atoms with Gasteiger partial charge in [-0.1, -0.05) is 56.1 Å². The van der Waals surface area contributed by atoms with Gasteiger partial charge in [-0.15, -0.1) is 0 Å². The molecule has 2 aliphatic carbocycles. The first-order valence-corrected chi connectivity index (χ1v) is 13.8. The van der Waals surface area contributed by atoms with Gasteiger partial charge in [0.05, 0.1) is 11.1 Å². The summed E-state index contributed by atoms with van der Waals surface area (Å²) in [4.78, 5) is 13.0. The van der Waals surface area contributed by atoms with E-state index >= 15 is 17.6 Å². The molecule has 0 bridgehead atoms. The maximum atomic E-state index is 15.1. The van der Waals surface area contributed by atoms with E-state index in [1.807, 2.05) is 48.5 Å². The zero-order chi connectivity index (χ0) is 26.7. The van der Waals surface area contributed by atoms with Crippen molar-refractivity contribution < 1.29 is 22.4 Å². The summed E-state index contributed by atoms with van der Waals surface area (Å²) < 4.78 is 62.1. The van der Waals surface area contributed by atoms with Crippen molar-refractivity contribution in [3.05, 3.63) is 138 Å². The average Bonchev–Trinajstić information content (AvgIpc) is 3.78. The van der Waals surface area contributed by atoms with Crippen LogP contribution in [0.1, 0.15) is 74.7 Å². The van der Waals surface area contributed by atoms with Crippen molar-refractivity contribution in [1.29, 1.82) is 0 Å². The lowest BCUT2D eigenvalue weighted by Crippen LogP contribution is -2.13. The van der Waals surface area contributed by atoms with Crippen molar-refractivity contribution in [2.24, 2.45) is 0 Å². The number of hydrogen-bond donors (Lipinski definition) is 0. The Hall–Kier alpha value is -2.77. The lowest BCUT2D eigenvalue weighted by atomic mass is 9.95. The van der Waals surface area contributed by atoms with Gasteiger partial charge in [0.1, 0.15) is 23.3 Å². The summed E-state index contributed by atoms with van der Waals surface area (Å²) in [7, 11) is 0. The molecule has 0 saturated heterocycles. The molecule has 2 saturated carbocycles. The molecule has 38 heavy (non-hydrogen) atoms. The minimum Gasteiger partial charge on any atom is -0.288 e. The van der Waals surface area contributed by atoms with Crippen LogP contribution < -0.4 is 0 Å². The largest absolute Gasteiger partial charge is 0.288 e. The summed E-state index contributed by atoms with van der Waals surface area (Å²) in [6, 6.07) is 19.9. The van der Waals surface area contributed by atoms with Crippen LogP contribution in [0.5, 0.6) is 0 Å². The van der Waals surface area contributed by atoms with Crippen LogP contribution in [0, 0.1) is 23.3 Å². The number of rotatable bonds is 6. The van der Waals surface area contributed by atoms with Gasteiger partial charge in [0, 0.05) is 8.95 Å². The SMILES string of the molecule is O=C(c1c(F)cc(C2CC2c2ccc(Br)cc2)cc1F)c1c(F)cc(C2CC2c2ccc(Br)cc2)cc1F. The van der Waals surface area contributed by atoms with Gasteiger partial charge in [0.25, 0.3) is 0 Å². The smallest absolute Gasteiger partial charge is 0.204 e. The minimum absolute atomic E-state index is 0.0886. The number of carbonyl (C=O) groups is 1. The first kappa shape index (κ1) is 25.5. The summed E-state index contributed by atoms with van der Waals surface area (Å²) in [6.07, 6.45) is 1.45. The molecule has 0 N–H and O–H groups in total. The van der Waals surface area contributed by atoms with Crippen molar-refractivity contribution >= 4 is 37.6 Å². The van der Waals surface area contributed by atoms with Crippen LogP contribution in [0.2, 0.25) is 0 Å². The first-order valence-electron chi connectivity index (χ1n) is 12.2. The fourth-order valence-corrected chi connectivity index (χ4v) is 5.98. The number of benzene rings is 4. The van der Waals surface area contributed by atoms with Crippen molar-refractivity contribution in [2.45, 2.75) is 36.5 Å². The predicted octanol–water partition coefficient (Wildman–Crippen LogP) is 9.54. The van der Waals surface area contributed by atoms with Crippen LogP contribution in [0.3, 0.4) is 0 Å². The summed E-state index contributed by atoms with van der Waals surface area (Å²) in [5.41, 5.74) is 1.07. The fourth-order valence-electron chi connectivity index (χ4n) is 5.46. The molecule has 4 unspecified atom stereocenters. The maximum absolute atomic E-state index is 15.1. The molecule has 0 aromatic heterocycles. The summed E-state index contributed by atoms with van der Waals surface area (Å²) in [6.45, 7) is 0. The molecule has 4 atom stereocenters. The van der Waals surface area contributed by atoms with Crippen LogP contribution >= 0.6 is 31.9 Å². The van der Waals surface area contributed by atoms with Gasteiger partial charge in [-0.3, -0.25) is 4.79 Å². The highest BCUT2D eigenvalue weighted by Crippen LogP contribution is 2.56. The van der Waals surface area contributed by atoms with Gasteiger partial charge < -0.3 is 0 Å². The highest BCUT2D eigenvalue weighted by molar-refractivity contribution is 9.10. The molecule has 7 heteroatoms. The highest BCUT2D eigenvalue weighted by atomic mass is 79.9. The summed E-state index contributed by atoms with van der Waals surface area (Å²) in [5, 5.41) is 0. The Labute approximate surface area is 234 Å². The Kier molecular flexibility index (Phi) is 6.55. The van der Waals surface area contributed by atoms with E-state index in [4.69, 9.17) is 0 Å². The Morgan fingerprint density at radius 2 is 0.816 bits per heavy atom. The molecular formula is C31H20Br2F4O. The normalized spacial score (nSPS) is 21.8. The van der Waals surface area contributed by atoms with Crippen LogP contribution in [0.4, 0.5) is 17.6 Å². The van der Waals surface area contributed by atoms with Crippen molar-refractivity contribution in [3.8, 4) is 0 Å². The number of halogens is 6. The third-order valence-electron chi connectivity index (χ3n) is 7.62. The first-order chi connectivity index (χ1) is 18.2. The molecule has 4 aromatic rings. The molecule has 0 radical (unpaired) electrons. The molecule has 6 rings (SSSR count). The van der Waals surface area contributed by atoms with Crippen molar-refractivity contribution in [1.82, 2.24) is 0 Å². The molecular weight excluding hydrogens is 624 g/mol. The van der Waals surface area contributed by atoms with Gasteiger partial charge in [-0.05, 0) is 107 Å². The molecule has 0 aliphatic heterocycles. The van der Waals surface area contributed by atoms with E-state index < -0.39 is 40.2 Å². The monoisotopic (exact) mass is 642 g/mol.